The Hall–Kier alpha value is -0.770. The van der Waals surface area contributed by atoms with Gasteiger partial charge in [0.1, 0.15) is 0 Å². The number of hydrazine groups is 1. The van der Waals surface area contributed by atoms with Crippen LogP contribution in [0.3, 0.4) is 0 Å². The number of aliphatic imine (C=N–C) groups is 1. The van der Waals surface area contributed by atoms with Gasteiger partial charge in [-0.1, -0.05) is 19.3 Å². The average Bonchev–Trinajstić information content (AvgIpc) is 2.21. The lowest BCUT2D eigenvalue weighted by Gasteiger charge is -2.28. The molecular formula is C10H22N4. The molecule has 1 aliphatic carbocycles. The molecule has 1 aliphatic rings. The fourth-order valence-electron chi connectivity index (χ4n) is 2.19. The molecule has 0 spiro atoms. The second kappa shape index (κ2) is 5.86. The molecule has 1 fully saturated rings. The van der Waals surface area contributed by atoms with Crippen LogP contribution in [0.4, 0.5) is 0 Å². The summed E-state index contributed by atoms with van der Waals surface area (Å²) in [6.45, 7) is 1.07. The first-order valence-electron chi connectivity index (χ1n) is 5.42. The third-order valence-corrected chi connectivity index (χ3v) is 2.96. The summed E-state index contributed by atoms with van der Waals surface area (Å²) < 4.78 is 0. The highest BCUT2D eigenvalue weighted by Crippen LogP contribution is 2.23. The van der Waals surface area contributed by atoms with E-state index in [1.54, 1.807) is 7.05 Å². The molecule has 0 radical (unpaired) electrons. The Morgan fingerprint density at radius 2 is 2.07 bits per heavy atom. The number of nitrogens with two attached hydrogens (primary N) is 1. The maximum absolute atomic E-state index is 5.37. The molecule has 0 unspecified atom stereocenters. The molecule has 0 aromatic rings. The molecule has 0 bridgehead atoms. The van der Waals surface area contributed by atoms with Gasteiger partial charge in [0.2, 0.25) is 5.96 Å². The SMILES string of the molecule is CN=C(NN)N(C)CC1CCCCC1. The molecular weight excluding hydrogens is 176 g/mol. The molecule has 4 heteroatoms. The van der Waals surface area contributed by atoms with Crippen LogP contribution < -0.4 is 11.3 Å². The van der Waals surface area contributed by atoms with Gasteiger partial charge in [-0.25, -0.2) is 5.84 Å². The number of nitrogens with one attached hydrogen (secondary N) is 1. The van der Waals surface area contributed by atoms with Gasteiger partial charge < -0.3 is 4.90 Å². The van der Waals surface area contributed by atoms with Crippen molar-refractivity contribution in [3.63, 3.8) is 0 Å². The van der Waals surface area contributed by atoms with Crippen LogP contribution in [0.5, 0.6) is 0 Å². The van der Waals surface area contributed by atoms with Crippen molar-refractivity contribution in [2.45, 2.75) is 32.1 Å². The maximum Gasteiger partial charge on any atom is 0.207 e. The van der Waals surface area contributed by atoms with Crippen LogP contribution in [0.25, 0.3) is 0 Å². The van der Waals surface area contributed by atoms with Gasteiger partial charge in [-0.05, 0) is 18.8 Å². The van der Waals surface area contributed by atoms with Gasteiger partial charge in [0.15, 0.2) is 0 Å². The summed E-state index contributed by atoms with van der Waals surface area (Å²) in [5.41, 5.74) is 2.62. The van der Waals surface area contributed by atoms with E-state index in [1.165, 1.54) is 32.1 Å². The summed E-state index contributed by atoms with van der Waals surface area (Å²) in [5.74, 6) is 6.96. The zero-order valence-corrected chi connectivity index (χ0v) is 9.29. The van der Waals surface area contributed by atoms with E-state index in [2.05, 4.69) is 15.3 Å². The van der Waals surface area contributed by atoms with Crippen molar-refractivity contribution in [1.82, 2.24) is 10.3 Å². The van der Waals surface area contributed by atoms with E-state index in [9.17, 15) is 0 Å². The van der Waals surface area contributed by atoms with Crippen molar-refractivity contribution in [3.05, 3.63) is 0 Å². The number of nitrogens with zero attached hydrogens (tertiary/aromatic N) is 2. The monoisotopic (exact) mass is 198 g/mol. The predicted octanol–water partition coefficient (Wildman–Crippen LogP) is 0.948. The molecule has 0 atom stereocenters. The molecule has 1 rings (SSSR count). The van der Waals surface area contributed by atoms with Crippen LogP contribution in [0.1, 0.15) is 32.1 Å². The van der Waals surface area contributed by atoms with Crippen LogP contribution in [0, 0.1) is 5.92 Å². The Morgan fingerprint density at radius 3 is 2.57 bits per heavy atom. The maximum atomic E-state index is 5.37. The minimum atomic E-state index is 0.774. The van der Waals surface area contributed by atoms with Gasteiger partial charge in [0.05, 0.1) is 0 Å². The van der Waals surface area contributed by atoms with E-state index in [0.717, 1.165) is 18.4 Å². The molecule has 3 N–H and O–H groups in total. The third kappa shape index (κ3) is 3.18. The van der Waals surface area contributed by atoms with Crippen molar-refractivity contribution in [2.24, 2.45) is 16.8 Å². The van der Waals surface area contributed by atoms with Crippen molar-refractivity contribution in [3.8, 4) is 0 Å². The molecule has 82 valence electrons. The molecule has 4 nitrogen and oxygen atoms in total. The first-order chi connectivity index (χ1) is 6.77. The molecule has 0 aromatic heterocycles. The molecule has 14 heavy (non-hydrogen) atoms. The quantitative estimate of drug-likeness (QED) is 0.300. The summed E-state index contributed by atoms with van der Waals surface area (Å²) in [6, 6.07) is 0. The Morgan fingerprint density at radius 1 is 1.43 bits per heavy atom. The molecule has 0 amide bonds. The van der Waals surface area contributed by atoms with E-state index in [1.807, 2.05) is 7.05 Å². The Bertz CT molecular complexity index is 185. The number of guanidine groups is 1. The summed E-state index contributed by atoms with van der Waals surface area (Å²) in [6.07, 6.45) is 6.88. The van der Waals surface area contributed by atoms with E-state index in [4.69, 9.17) is 5.84 Å². The van der Waals surface area contributed by atoms with Gasteiger partial charge >= 0.3 is 0 Å². The topological polar surface area (TPSA) is 53.6 Å². The highest BCUT2D eigenvalue weighted by Gasteiger charge is 2.16. The molecule has 1 saturated carbocycles. The third-order valence-electron chi connectivity index (χ3n) is 2.96. The summed E-state index contributed by atoms with van der Waals surface area (Å²) in [5, 5.41) is 0. The van der Waals surface area contributed by atoms with E-state index in [0.29, 0.717) is 0 Å². The largest absolute Gasteiger partial charge is 0.345 e. The molecule has 0 aromatic carbocycles. The smallest absolute Gasteiger partial charge is 0.207 e. The van der Waals surface area contributed by atoms with Gasteiger partial charge in [-0.2, -0.15) is 0 Å². The zero-order valence-electron chi connectivity index (χ0n) is 9.29. The molecule has 0 heterocycles. The van der Waals surface area contributed by atoms with E-state index in [-0.39, 0.29) is 0 Å². The van der Waals surface area contributed by atoms with E-state index < -0.39 is 0 Å². The normalized spacial score (nSPS) is 19.5. The lowest BCUT2D eigenvalue weighted by atomic mass is 9.89. The summed E-state index contributed by atoms with van der Waals surface area (Å²) in [4.78, 5) is 6.19. The van der Waals surface area contributed by atoms with Gasteiger partial charge in [0, 0.05) is 20.6 Å². The average molecular weight is 198 g/mol. The zero-order chi connectivity index (χ0) is 10.4. The van der Waals surface area contributed by atoms with Crippen molar-refractivity contribution < 1.29 is 0 Å². The van der Waals surface area contributed by atoms with Crippen molar-refractivity contribution in [2.75, 3.05) is 20.6 Å². The highest BCUT2D eigenvalue weighted by atomic mass is 15.4. The van der Waals surface area contributed by atoms with Crippen molar-refractivity contribution in [1.29, 1.82) is 0 Å². The lowest BCUT2D eigenvalue weighted by Crippen LogP contribution is -2.44. The van der Waals surface area contributed by atoms with Gasteiger partial charge in [-0.3, -0.25) is 10.4 Å². The van der Waals surface area contributed by atoms with Crippen LogP contribution >= 0.6 is 0 Å². The first kappa shape index (κ1) is 11.3. The fraction of sp³-hybridized carbons (Fsp3) is 0.900. The van der Waals surface area contributed by atoms with Crippen LogP contribution in [0.2, 0.25) is 0 Å². The summed E-state index contributed by atoms with van der Waals surface area (Å²) in [7, 11) is 3.80. The number of rotatable bonds is 2. The molecule has 0 aliphatic heterocycles. The Labute approximate surface area is 86.5 Å². The fourth-order valence-corrected chi connectivity index (χ4v) is 2.19. The van der Waals surface area contributed by atoms with Gasteiger partial charge in [-0.15, -0.1) is 0 Å². The number of hydrogen-bond acceptors (Lipinski definition) is 2. The first-order valence-corrected chi connectivity index (χ1v) is 5.42. The van der Waals surface area contributed by atoms with Crippen LogP contribution in [0.15, 0.2) is 4.99 Å². The van der Waals surface area contributed by atoms with Crippen LogP contribution in [-0.2, 0) is 0 Å². The highest BCUT2D eigenvalue weighted by molar-refractivity contribution is 5.78. The second-order valence-corrected chi connectivity index (χ2v) is 4.08. The summed E-state index contributed by atoms with van der Waals surface area (Å²) >= 11 is 0. The predicted molar refractivity (Wildman–Crippen MR) is 59.9 cm³/mol. The minimum absolute atomic E-state index is 0.774. The minimum Gasteiger partial charge on any atom is -0.345 e. The van der Waals surface area contributed by atoms with Gasteiger partial charge in [0.25, 0.3) is 0 Å². The standard InChI is InChI=1S/C10H22N4/c1-12-10(13-11)14(2)8-9-6-4-3-5-7-9/h9H,3-8,11H2,1-2H3,(H,12,13). The Balaban J connectivity index is 2.34. The lowest BCUT2D eigenvalue weighted by molar-refractivity contribution is 0.292. The van der Waals surface area contributed by atoms with Crippen LogP contribution in [-0.4, -0.2) is 31.5 Å². The van der Waals surface area contributed by atoms with E-state index >= 15 is 0 Å². The Kier molecular flexibility index (Phi) is 4.73. The molecule has 0 saturated heterocycles. The number of hydrogen-bond donors (Lipinski definition) is 2. The van der Waals surface area contributed by atoms with Crippen molar-refractivity contribution >= 4 is 5.96 Å². The second-order valence-electron chi connectivity index (χ2n) is 4.08.